The highest BCUT2D eigenvalue weighted by Gasteiger charge is 2.34. The largest absolute Gasteiger partial charge is 0.466 e. The van der Waals surface area contributed by atoms with Crippen molar-refractivity contribution in [3.63, 3.8) is 0 Å². The van der Waals surface area contributed by atoms with Crippen molar-refractivity contribution in [1.82, 2.24) is 14.5 Å². The van der Waals surface area contributed by atoms with E-state index in [1.807, 2.05) is 0 Å². The number of piperidine rings is 1. The first-order valence-corrected chi connectivity index (χ1v) is 11.3. The molecule has 2 atom stereocenters. The molecule has 0 spiro atoms. The molecular formula is C20H27N3O4S. The topological polar surface area (TPSA) is 81.5 Å². The molecule has 7 nitrogen and oxygen atoms in total. The number of amides is 1. The summed E-state index contributed by atoms with van der Waals surface area (Å²) in [4.78, 5) is 44.5. The van der Waals surface area contributed by atoms with Gasteiger partial charge in [-0.2, -0.15) is 0 Å². The Labute approximate surface area is 168 Å². The number of rotatable bonds is 4. The number of esters is 1. The van der Waals surface area contributed by atoms with Gasteiger partial charge in [-0.15, -0.1) is 0 Å². The number of fused-ring (bicyclic) bond motifs is 2. The lowest BCUT2D eigenvalue weighted by molar-refractivity contribution is -0.151. The molecule has 3 heterocycles. The summed E-state index contributed by atoms with van der Waals surface area (Å²) >= 11 is 1.57. The van der Waals surface area contributed by atoms with Crippen LogP contribution in [0.15, 0.2) is 9.95 Å². The number of nitrogens with zero attached hydrogens (tertiary/aromatic N) is 3. The van der Waals surface area contributed by atoms with Crippen LogP contribution in [0.3, 0.4) is 0 Å². The zero-order valence-electron chi connectivity index (χ0n) is 16.3. The molecule has 0 saturated carbocycles. The molecule has 0 N–H and O–H groups in total. The fourth-order valence-corrected chi connectivity index (χ4v) is 5.61. The molecule has 1 aliphatic carbocycles. The monoisotopic (exact) mass is 405 g/mol. The van der Waals surface area contributed by atoms with Crippen LogP contribution in [0.1, 0.15) is 56.3 Å². The minimum atomic E-state index is -0.237. The van der Waals surface area contributed by atoms with E-state index in [0.717, 1.165) is 54.9 Å². The summed E-state index contributed by atoms with van der Waals surface area (Å²) in [6, 6.07) is -0.150. The van der Waals surface area contributed by atoms with Crippen LogP contribution in [0.25, 0.3) is 0 Å². The second kappa shape index (κ2) is 8.27. The molecular weight excluding hydrogens is 378 g/mol. The predicted octanol–water partition coefficient (Wildman–Crippen LogP) is 1.96. The average molecular weight is 406 g/mol. The van der Waals surface area contributed by atoms with Gasteiger partial charge < -0.3 is 9.64 Å². The van der Waals surface area contributed by atoms with Gasteiger partial charge in [-0.1, -0.05) is 11.8 Å². The van der Waals surface area contributed by atoms with Crippen LogP contribution < -0.4 is 5.56 Å². The molecule has 8 heteroatoms. The number of carbonyl (C=O) groups is 2. The van der Waals surface area contributed by atoms with Crippen molar-refractivity contribution in [2.24, 2.45) is 5.92 Å². The Balaban J connectivity index is 1.47. The first kappa shape index (κ1) is 19.5. The van der Waals surface area contributed by atoms with Crippen LogP contribution in [0.4, 0.5) is 0 Å². The minimum Gasteiger partial charge on any atom is -0.466 e. The lowest BCUT2D eigenvalue weighted by atomic mass is 9.97. The molecule has 4 rings (SSSR count). The van der Waals surface area contributed by atoms with Gasteiger partial charge in [0.1, 0.15) is 0 Å². The molecule has 0 bridgehead atoms. The van der Waals surface area contributed by atoms with Gasteiger partial charge in [-0.05, 0) is 45.4 Å². The average Bonchev–Trinajstić information content (AvgIpc) is 3.11. The standard InChI is InChI=1S/C20H27N3O4S/c1-2-27-19(26)13-6-5-9-22(11-13)17(24)10-14-12-28-20-21-16-8-4-3-7-15(16)18(25)23(14)20/h13-14H,2-12H2,1H3/t13-,14-/m1/s1. The predicted molar refractivity (Wildman–Crippen MR) is 105 cm³/mol. The Kier molecular flexibility index (Phi) is 5.75. The van der Waals surface area contributed by atoms with E-state index in [9.17, 15) is 14.4 Å². The lowest BCUT2D eigenvalue weighted by Crippen LogP contribution is -2.44. The highest BCUT2D eigenvalue weighted by atomic mass is 32.2. The van der Waals surface area contributed by atoms with Crippen LogP contribution in [-0.2, 0) is 27.2 Å². The third-order valence-electron chi connectivity index (χ3n) is 5.93. The van der Waals surface area contributed by atoms with E-state index in [0.29, 0.717) is 25.4 Å². The summed E-state index contributed by atoms with van der Waals surface area (Å²) in [5.74, 6) is 0.261. The smallest absolute Gasteiger partial charge is 0.310 e. The summed E-state index contributed by atoms with van der Waals surface area (Å²) in [7, 11) is 0. The maximum atomic E-state index is 13.0. The van der Waals surface area contributed by atoms with E-state index in [1.54, 1.807) is 28.2 Å². The van der Waals surface area contributed by atoms with E-state index in [-0.39, 0.29) is 35.8 Å². The van der Waals surface area contributed by atoms with Crippen molar-refractivity contribution in [1.29, 1.82) is 0 Å². The molecule has 0 unspecified atom stereocenters. The minimum absolute atomic E-state index is 0.0112. The summed E-state index contributed by atoms with van der Waals surface area (Å²) in [6.07, 6.45) is 5.65. The molecule has 0 aromatic carbocycles. The molecule has 1 aromatic rings. The van der Waals surface area contributed by atoms with Crippen molar-refractivity contribution in [2.75, 3.05) is 25.4 Å². The van der Waals surface area contributed by atoms with Crippen molar-refractivity contribution in [2.45, 2.75) is 63.1 Å². The molecule has 1 fully saturated rings. The van der Waals surface area contributed by atoms with Crippen molar-refractivity contribution in [3.8, 4) is 0 Å². The second-order valence-electron chi connectivity index (χ2n) is 7.80. The SMILES string of the molecule is CCOC(=O)[C@@H]1CCCN(C(=O)C[C@@H]2CSc3nc4c(c(=O)n32)CCCC4)C1. The van der Waals surface area contributed by atoms with E-state index < -0.39 is 0 Å². The van der Waals surface area contributed by atoms with Gasteiger partial charge in [-0.25, -0.2) is 4.98 Å². The maximum Gasteiger partial charge on any atom is 0.310 e. The fourth-order valence-electron chi connectivity index (χ4n) is 4.45. The van der Waals surface area contributed by atoms with Gasteiger partial charge in [0.2, 0.25) is 5.91 Å². The van der Waals surface area contributed by atoms with Crippen LogP contribution in [-0.4, -0.2) is 51.8 Å². The van der Waals surface area contributed by atoms with Gasteiger partial charge in [-0.3, -0.25) is 19.0 Å². The number of carbonyl (C=O) groups excluding carboxylic acids is 2. The zero-order valence-corrected chi connectivity index (χ0v) is 17.1. The molecule has 28 heavy (non-hydrogen) atoms. The summed E-state index contributed by atoms with van der Waals surface area (Å²) in [6.45, 7) is 3.24. The van der Waals surface area contributed by atoms with Gasteiger partial charge in [0.25, 0.3) is 5.56 Å². The Hall–Kier alpha value is -1.83. The maximum absolute atomic E-state index is 13.0. The lowest BCUT2D eigenvalue weighted by Gasteiger charge is -2.32. The molecule has 0 radical (unpaired) electrons. The molecule has 1 saturated heterocycles. The van der Waals surface area contributed by atoms with Crippen LogP contribution in [0.2, 0.25) is 0 Å². The molecule has 3 aliphatic rings. The third kappa shape index (κ3) is 3.71. The highest BCUT2D eigenvalue weighted by molar-refractivity contribution is 7.99. The molecule has 2 aliphatic heterocycles. The normalized spacial score (nSPS) is 23.8. The first-order chi connectivity index (χ1) is 13.6. The van der Waals surface area contributed by atoms with Gasteiger partial charge in [0.15, 0.2) is 5.16 Å². The summed E-state index contributed by atoms with van der Waals surface area (Å²) < 4.78 is 6.87. The molecule has 152 valence electrons. The van der Waals surface area contributed by atoms with Gasteiger partial charge in [0.05, 0.1) is 24.3 Å². The third-order valence-corrected chi connectivity index (χ3v) is 7.02. The van der Waals surface area contributed by atoms with Crippen LogP contribution in [0.5, 0.6) is 0 Å². The quantitative estimate of drug-likeness (QED) is 0.563. The van der Waals surface area contributed by atoms with Crippen molar-refractivity contribution in [3.05, 3.63) is 21.6 Å². The second-order valence-corrected chi connectivity index (χ2v) is 8.79. The fraction of sp³-hybridized carbons (Fsp3) is 0.700. The van der Waals surface area contributed by atoms with Crippen molar-refractivity contribution < 1.29 is 14.3 Å². The Bertz CT molecular complexity index is 837. The number of ether oxygens (including phenoxy) is 1. The van der Waals surface area contributed by atoms with Crippen LogP contribution in [0, 0.1) is 5.92 Å². The number of likely N-dealkylation sites (tertiary alicyclic amines) is 1. The molecule has 1 aromatic heterocycles. The van der Waals surface area contributed by atoms with Gasteiger partial charge >= 0.3 is 5.97 Å². The number of thioether (sulfide) groups is 1. The Morgan fingerprint density at radius 2 is 2.07 bits per heavy atom. The number of hydrogen-bond donors (Lipinski definition) is 0. The van der Waals surface area contributed by atoms with E-state index in [2.05, 4.69) is 0 Å². The van der Waals surface area contributed by atoms with E-state index in [1.165, 1.54) is 0 Å². The summed E-state index contributed by atoms with van der Waals surface area (Å²) in [5.41, 5.74) is 1.84. The highest BCUT2D eigenvalue weighted by Crippen LogP contribution is 2.34. The molecule has 1 amide bonds. The van der Waals surface area contributed by atoms with E-state index >= 15 is 0 Å². The van der Waals surface area contributed by atoms with Gasteiger partial charge in [0, 0.05) is 30.8 Å². The van der Waals surface area contributed by atoms with Crippen LogP contribution >= 0.6 is 11.8 Å². The van der Waals surface area contributed by atoms with E-state index in [4.69, 9.17) is 9.72 Å². The number of aromatic nitrogens is 2. The Morgan fingerprint density at radius 3 is 2.89 bits per heavy atom. The first-order valence-electron chi connectivity index (χ1n) is 10.3. The Morgan fingerprint density at radius 1 is 1.25 bits per heavy atom. The summed E-state index contributed by atoms with van der Waals surface area (Å²) in [5, 5.41) is 0.756. The number of aryl methyl sites for hydroxylation is 1. The number of hydrogen-bond acceptors (Lipinski definition) is 6. The zero-order chi connectivity index (χ0) is 19.7. The van der Waals surface area contributed by atoms with Crippen molar-refractivity contribution >= 4 is 23.6 Å².